The molecular formula is C14H16F3N3O. The zero-order valence-corrected chi connectivity index (χ0v) is 11.7. The predicted molar refractivity (Wildman–Crippen MR) is 71.7 cm³/mol. The van der Waals surface area contributed by atoms with Gasteiger partial charge in [-0.15, -0.1) is 13.2 Å². The number of nitrogens with zero attached hydrogens (tertiary/aromatic N) is 1. The molecule has 1 atom stereocenters. The fourth-order valence-corrected chi connectivity index (χ4v) is 1.89. The Morgan fingerprint density at radius 1 is 1.29 bits per heavy atom. The van der Waals surface area contributed by atoms with E-state index in [1.807, 2.05) is 13.8 Å². The fourth-order valence-electron chi connectivity index (χ4n) is 1.89. The summed E-state index contributed by atoms with van der Waals surface area (Å²) >= 11 is 0. The quantitative estimate of drug-likeness (QED) is 0.889. The van der Waals surface area contributed by atoms with Gasteiger partial charge in [0.05, 0.1) is 6.20 Å². The molecule has 0 unspecified atom stereocenters. The van der Waals surface area contributed by atoms with E-state index in [1.165, 1.54) is 12.1 Å². The number of rotatable bonds is 5. The first kappa shape index (κ1) is 15.4. The van der Waals surface area contributed by atoms with Crippen molar-refractivity contribution in [2.45, 2.75) is 32.8 Å². The van der Waals surface area contributed by atoms with Gasteiger partial charge in [-0.3, -0.25) is 5.10 Å². The molecule has 2 N–H and O–H groups in total. The Morgan fingerprint density at radius 3 is 2.48 bits per heavy atom. The van der Waals surface area contributed by atoms with Gasteiger partial charge in [0.25, 0.3) is 0 Å². The second-order valence-electron chi connectivity index (χ2n) is 4.74. The summed E-state index contributed by atoms with van der Waals surface area (Å²) < 4.78 is 40.1. The van der Waals surface area contributed by atoms with Crippen LogP contribution in [-0.2, 0) is 6.54 Å². The molecule has 0 aliphatic rings. The summed E-state index contributed by atoms with van der Waals surface area (Å²) in [4.78, 5) is 0. The normalized spacial score (nSPS) is 13.2. The molecule has 2 aromatic rings. The van der Waals surface area contributed by atoms with Gasteiger partial charge < -0.3 is 10.1 Å². The Morgan fingerprint density at radius 2 is 1.95 bits per heavy atom. The highest BCUT2D eigenvalue weighted by atomic mass is 19.4. The van der Waals surface area contributed by atoms with E-state index in [0.29, 0.717) is 6.54 Å². The van der Waals surface area contributed by atoms with Crippen molar-refractivity contribution in [2.24, 2.45) is 0 Å². The maximum atomic E-state index is 12.1. The van der Waals surface area contributed by atoms with Crippen molar-refractivity contribution in [2.75, 3.05) is 0 Å². The second-order valence-corrected chi connectivity index (χ2v) is 4.74. The topological polar surface area (TPSA) is 49.9 Å². The van der Waals surface area contributed by atoms with Crippen molar-refractivity contribution in [3.05, 3.63) is 47.3 Å². The molecular weight excluding hydrogens is 283 g/mol. The van der Waals surface area contributed by atoms with Crippen LogP contribution in [0.2, 0.25) is 0 Å². The molecule has 0 amide bonds. The first-order valence-electron chi connectivity index (χ1n) is 6.43. The molecule has 1 aromatic carbocycles. The number of benzene rings is 1. The number of aryl methyl sites for hydroxylation is 1. The molecule has 0 aliphatic carbocycles. The van der Waals surface area contributed by atoms with Gasteiger partial charge in [-0.05, 0) is 31.5 Å². The summed E-state index contributed by atoms with van der Waals surface area (Å²) in [6.45, 7) is 4.50. The van der Waals surface area contributed by atoms with Crippen LogP contribution >= 0.6 is 0 Å². The summed E-state index contributed by atoms with van der Waals surface area (Å²) in [5.41, 5.74) is 2.92. The highest BCUT2D eigenvalue weighted by molar-refractivity contribution is 5.29. The maximum Gasteiger partial charge on any atom is 0.573 e. The highest BCUT2D eigenvalue weighted by Crippen LogP contribution is 2.24. The summed E-state index contributed by atoms with van der Waals surface area (Å²) in [5.74, 6) is -0.218. The van der Waals surface area contributed by atoms with Crippen molar-refractivity contribution in [3.63, 3.8) is 0 Å². The number of aromatic amines is 1. The summed E-state index contributed by atoms with van der Waals surface area (Å²) in [5, 5.41) is 10.1. The van der Waals surface area contributed by atoms with E-state index in [1.54, 1.807) is 18.3 Å². The molecule has 0 radical (unpaired) electrons. The minimum absolute atomic E-state index is 0.000707. The molecule has 114 valence electrons. The predicted octanol–water partition coefficient (Wildman–Crippen LogP) is 3.47. The summed E-state index contributed by atoms with van der Waals surface area (Å²) in [7, 11) is 0. The Labute approximate surface area is 120 Å². The standard InChI is InChI=1S/C14H16F3N3O/c1-9(18-7-12-8-19-20-10(12)2)11-3-5-13(6-4-11)21-14(15,16)17/h3-6,8-9,18H,7H2,1-2H3,(H,19,20)/t9-/m0/s1. The van der Waals surface area contributed by atoms with Gasteiger partial charge in [-0.25, -0.2) is 0 Å². The van der Waals surface area contributed by atoms with E-state index < -0.39 is 6.36 Å². The number of nitrogens with one attached hydrogen (secondary N) is 2. The number of hydrogen-bond acceptors (Lipinski definition) is 3. The molecule has 7 heteroatoms. The van der Waals surface area contributed by atoms with Crippen molar-refractivity contribution in [1.29, 1.82) is 0 Å². The van der Waals surface area contributed by atoms with Gasteiger partial charge in [-0.1, -0.05) is 12.1 Å². The van der Waals surface area contributed by atoms with Crippen molar-refractivity contribution >= 4 is 0 Å². The van der Waals surface area contributed by atoms with E-state index in [-0.39, 0.29) is 11.8 Å². The van der Waals surface area contributed by atoms with E-state index in [9.17, 15) is 13.2 Å². The number of H-pyrrole nitrogens is 1. The van der Waals surface area contributed by atoms with Gasteiger partial charge in [0.15, 0.2) is 0 Å². The van der Waals surface area contributed by atoms with Gasteiger partial charge in [-0.2, -0.15) is 5.10 Å². The lowest BCUT2D eigenvalue weighted by Crippen LogP contribution is -2.19. The molecule has 0 saturated heterocycles. The largest absolute Gasteiger partial charge is 0.573 e. The number of alkyl halides is 3. The lowest BCUT2D eigenvalue weighted by Gasteiger charge is -2.15. The van der Waals surface area contributed by atoms with Crippen LogP contribution in [-0.4, -0.2) is 16.6 Å². The molecule has 21 heavy (non-hydrogen) atoms. The zero-order valence-electron chi connectivity index (χ0n) is 11.7. The molecule has 0 fully saturated rings. The molecule has 2 rings (SSSR count). The third kappa shape index (κ3) is 4.49. The second kappa shape index (κ2) is 6.17. The summed E-state index contributed by atoms with van der Waals surface area (Å²) in [6.07, 6.45) is -2.92. The van der Waals surface area contributed by atoms with E-state index in [4.69, 9.17) is 0 Å². The minimum Gasteiger partial charge on any atom is -0.406 e. The van der Waals surface area contributed by atoms with Crippen LogP contribution in [0.1, 0.15) is 29.8 Å². The van der Waals surface area contributed by atoms with Crippen molar-refractivity contribution in [1.82, 2.24) is 15.5 Å². The van der Waals surface area contributed by atoms with Crippen LogP contribution in [0.5, 0.6) is 5.75 Å². The van der Waals surface area contributed by atoms with Gasteiger partial charge in [0.1, 0.15) is 5.75 Å². The lowest BCUT2D eigenvalue weighted by atomic mass is 10.1. The lowest BCUT2D eigenvalue weighted by molar-refractivity contribution is -0.274. The minimum atomic E-state index is -4.66. The first-order valence-corrected chi connectivity index (χ1v) is 6.43. The molecule has 0 aliphatic heterocycles. The number of halogens is 3. The van der Waals surface area contributed by atoms with E-state index in [0.717, 1.165) is 16.8 Å². The highest BCUT2D eigenvalue weighted by Gasteiger charge is 2.30. The van der Waals surface area contributed by atoms with Crippen LogP contribution in [0.4, 0.5) is 13.2 Å². The molecule has 0 bridgehead atoms. The van der Waals surface area contributed by atoms with E-state index >= 15 is 0 Å². The first-order chi connectivity index (χ1) is 9.85. The van der Waals surface area contributed by atoms with Crippen molar-refractivity contribution in [3.8, 4) is 5.75 Å². The Balaban J connectivity index is 1.93. The van der Waals surface area contributed by atoms with Crippen LogP contribution < -0.4 is 10.1 Å². The molecule has 1 aromatic heterocycles. The smallest absolute Gasteiger partial charge is 0.406 e. The average molecular weight is 299 g/mol. The fraction of sp³-hybridized carbons (Fsp3) is 0.357. The zero-order chi connectivity index (χ0) is 15.5. The number of ether oxygens (including phenoxy) is 1. The number of hydrogen-bond donors (Lipinski definition) is 2. The Kier molecular flexibility index (Phi) is 4.52. The molecule has 4 nitrogen and oxygen atoms in total. The van der Waals surface area contributed by atoms with Gasteiger partial charge in [0, 0.05) is 23.8 Å². The van der Waals surface area contributed by atoms with Crippen LogP contribution in [0.25, 0.3) is 0 Å². The Bertz CT molecular complexity index is 578. The third-order valence-electron chi connectivity index (χ3n) is 3.15. The van der Waals surface area contributed by atoms with Crippen molar-refractivity contribution < 1.29 is 17.9 Å². The third-order valence-corrected chi connectivity index (χ3v) is 3.15. The molecule has 0 saturated carbocycles. The van der Waals surface area contributed by atoms with Crippen LogP contribution in [0.3, 0.4) is 0 Å². The SMILES string of the molecule is Cc1[nH]ncc1CN[C@@H](C)c1ccc(OC(F)(F)F)cc1. The van der Waals surface area contributed by atoms with E-state index in [2.05, 4.69) is 20.3 Å². The average Bonchev–Trinajstić information content (AvgIpc) is 2.80. The monoisotopic (exact) mass is 299 g/mol. The number of aromatic nitrogens is 2. The summed E-state index contributed by atoms with van der Waals surface area (Å²) in [6, 6.07) is 5.84. The maximum absolute atomic E-state index is 12.1. The van der Waals surface area contributed by atoms with Gasteiger partial charge >= 0.3 is 6.36 Å². The van der Waals surface area contributed by atoms with Gasteiger partial charge in [0.2, 0.25) is 0 Å². The Hall–Kier alpha value is -2.02. The van der Waals surface area contributed by atoms with Crippen LogP contribution in [0, 0.1) is 6.92 Å². The molecule has 1 heterocycles. The van der Waals surface area contributed by atoms with Crippen LogP contribution in [0.15, 0.2) is 30.5 Å². The molecule has 0 spiro atoms.